The Labute approximate surface area is 231 Å². The summed E-state index contributed by atoms with van der Waals surface area (Å²) < 4.78 is 0. The average molecular weight is 608 g/mol. The minimum absolute atomic E-state index is 0. The SMILES string of the molecule is Br.Br.Oc1ccc(CCNCCCCCCNCCc2ccccc2)c(Cc2ccccc2)c1O. The van der Waals surface area contributed by atoms with Gasteiger partial charge in [0.1, 0.15) is 0 Å². The number of hydrogen-bond acceptors (Lipinski definition) is 4. The molecule has 0 aliphatic rings. The Morgan fingerprint density at radius 2 is 1.09 bits per heavy atom. The van der Waals surface area contributed by atoms with Crippen molar-refractivity contribution in [2.45, 2.75) is 44.9 Å². The molecule has 0 aromatic heterocycles. The zero-order valence-electron chi connectivity index (χ0n) is 20.4. The number of phenols is 2. The van der Waals surface area contributed by atoms with E-state index >= 15 is 0 Å². The molecule has 4 N–H and O–H groups in total. The summed E-state index contributed by atoms with van der Waals surface area (Å²) in [6, 6.07) is 24.2. The lowest BCUT2D eigenvalue weighted by atomic mass is 9.96. The van der Waals surface area contributed by atoms with Crippen LogP contribution in [0.4, 0.5) is 0 Å². The van der Waals surface area contributed by atoms with Crippen LogP contribution in [0.5, 0.6) is 11.5 Å². The van der Waals surface area contributed by atoms with Crippen LogP contribution in [-0.2, 0) is 19.3 Å². The molecule has 35 heavy (non-hydrogen) atoms. The standard InChI is InChI=1S/C29H38N2O2.2BrH/c32-28-16-15-26(27(29(28)33)23-25-13-7-4-8-14-25)18-22-31-20-10-2-1-9-19-30-21-17-24-11-5-3-6-12-24;;/h3-8,11-16,30-33H,1-2,9-10,17-23H2;2*1H. The highest BCUT2D eigenvalue weighted by Crippen LogP contribution is 2.33. The van der Waals surface area contributed by atoms with Gasteiger partial charge in [0, 0.05) is 12.0 Å². The first kappa shape index (κ1) is 31.2. The number of phenolic OH excluding ortho intramolecular Hbond substituents is 2. The van der Waals surface area contributed by atoms with Crippen LogP contribution in [0.3, 0.4) is 0 Å². The van der Waals surface area contributed by atoms with Crippen molar-refractivity contribution < 1.29 is 10.2 Å². The van der Waals surface area contributed by atoms with Crippen molar-refractivity contribution in [3.05, 3.63) is 95.1 Å². The van der Waals surface area contributed by atoms with Crippen LogP contribution in [-0.4, -0.2) is 36.4 Å². The maximum atomic E-state index is 10.4. The molecule has 4 nitrogen and oxygen atoms in total. The summed E-state index contributed by atoms with van der Waals surface area (Å²) >= 11 is 0. The molecule has 3 aromatic rings. The van der Waals surface area contributed by atoms with E-state index in [-0.39, 0.29) is 45.5 Å². The highest BCUT2D eigenvalue weighted by molar-refractivity contribution is 8.93. The van der Waals surface area contributed by atoms with Crippen LogP contribution in [0.15, 0.2) is 72.8 Å². The van der Waals surface area contributed by atoms with Gasteiger partial charge < -0.3 is 20.8 Å². The van der Waals surface area contributed by atoms with Crippen LogP contribution in [0, 0.1) is 0 Å². The van der Waals surface area contributed by atoms with E-state index in [1.807, 2.05) is 36.4 Å². The molecule has 0 atom stereocenters. The van der Waals surface area contributed by atoms with Gasteiger partial charge in [-0.15, -0.1) is 34.0 Å². The van der Waals surface area contributed by atoms with E-state index in [1.165, 1.54) is 31.2 Å². The molecule has 0 saturated heterocycles. The Balaban J connectivity index is 0.00000306. The average Bonchev–Trinajstić information content (AvgIpc) is 2.85. The van der Waals surface area contributed by atoms with Crippen molar-refractivity contribution in [3.8, 4) is 11.5 Å². The number of aromatic hydroxyl groups is 2. The normalized spacial score (nSPS) is 10.4. The third-order valence-corrected chi connectivity index (χ3v) is 6.04. The van der Waals surface area contributed by atoms with Crippen LogP contribution in [0.2, 0.25) is 0 Å². The summed E-state index contributed by atoms with van der Waals surface area (Å²) in [5, 5.41) is 27.4. The van der Waals surface area contributed by atoms with Crippen LogP contribution >= 0.6 is 34.0 Å². The molecule has 0 aliphatic carbocycles. The van der Waals surface area contributed by atoms with Crippen molar-refractivity contribution in [2.75, 3.05) is 26.2 Å². The lowest BCUT2D eigenvalue weighted by Crippen LogP contribution is -2.20. The second-order valence-corrected chi connectivity index (χ2v) is 8.63. The fraction of sp³-hybridized carbons (Fsp3) is 0.379. The molecular formula is C29H40Br2N2O2. The summed E-state index contributed by atoms with van der Waals surface area (Å²) in [6.45, 7) is 4.02. The molecule has 192 valence electrons. The molecule has 0 saturated carbocycles. The lowest BCUT2D eigenvalue weighted by Gasteiger charge is -2.13. The molecule has 3 aromatic carbocycles. The summed E-state index contributed by atoms with van der Waals surface area (Å²) in [5.41, 5.74) is 4.43. The molecule has 3 rings (SSSR count). The molecular weight excluding hydrogens is 568 g/mol. The second kappa shape index (κ2) is 18.4. The van der Waals surface area contributed by atoms with Crippen LogP contribution in [0.25, 0.3) is 0 Å². The first-order valence-corrected chi connectivity index (χ1v) is 12.3. The van der Waals surface area contributed by atoms with Gasteiger partial charge in [0.05, 0.1) is 0 Å². The van der Waals surface area contributed by atoms with E-state index in [4.69, 9.17) is 0 Å². The first-order chi connectivity index (χ1) is 16.2. The van der Waals surface area contributed by atoms with Gasteiger partial charge in [0.15, 0.2) is 11.5 Å². The van der Waals surface area contributed by atoms with E-state index in [0.717, 1.165) is 55.7 Å². The van der Waals surface area contributed by atoms with Gasteiger partial charge in [-0.05, 0) is 74.6 Å². The molecule has 6 heteroatoms. The van der Waals surface area contributed by atoms with Crippen molar-refractivity contribution in [1.29, 1.82) is 0 Å². The summed E-state index contributed by atoms with van der Waals surface area (Å²) in [4.78, 5) is 0. The maximum absolute atomic E-state index is 10.4. The van der Waals surface area contributed by atoms with Crippen LogP contribution in [0.1, 0.15) is 47.9 Å². The second-order valence-electron chi connectivity index (χ2n) is 8.63. The Hall–Kier alpha value is -1.86. The molecule has 0 spiro atoms. The minimum atomic E-state index is -0.0489. The largest absolute Gasteiger partial charge is 0.504 e. The van der Waals surface area contributed by atoms with E-state index < -0.39 is 0 Å². The molecule has 0 unspecified atom stereocenters. The molecule has 0 aliphatic heterocycles. The van der Waals surface area contributed by atoms with Gasteiger partial charge in [-0.2, -0.15) is 0 Å². The lowest BCUT2D eigenvalue weighted by molar-refractivity contribution is 0.399. The highest BCUT2D eigenvalue weighted by atomic mass is 79.9. The van der Waals surface area contributed by atoms with Gasteiger partial charge >= 0.3 is 0 Å². The maximum Gasteiger partial charge on any atom is 0.161 e. The van der Waals surface area contributed by atoms with Gasteiger partial charge in [-0.25, -0.2) is 0 Å². The molecule has 0 heterocycles. The summed E-state index contributed by atoms with van der Waals surface area (Å²) in [7, 11) is 0. The first-order valence-electron chi connectivity index (χ1n) is 12.3. The predicted octanol–water partition coefficient (Wildman–Crippen LogP) is 6.37. The number of unbranched alkanes of at least 4 members (excludes halogenated alkanes) is 3. The van der Waals surface area contributed by atoms with Gasteiger partial charge in [-0.3, -0.25) is 0 Å². The molecule has 0 amide bonds. The third kappa shape index (κ3) is 11.6. The van der Waals surface area contributed by atoms with Crippen LogP contribution < -0.4 is 10.6 Å². The quantitative estimate of drug-likeness (QED) is 0.120. The number of rotatable bonds is 15. The number of benzene rings is 3. The fourth-order valence-electron chi connectivity index (χ4n) is 4.10. The van der Waals surface area contributed by atoms with Gasteiger partial charge in [-0.1, -0.05) is 79.6 Å². The van der Waals surface area contributed by atoms with E-state index in [2.05, 4.69) is 41.0 Å². The van der Waals surface area contributed by atoms with E-state index in [0.29, 0.717) is 6.42 Å². The Kier molecular flexibility index (Phi) is 16.4. The van der Waals surface area contributed by atoms with Gasteiger partial charge in [0.25, 0.3) is 0 Å². The number of nitrogens with one attached hydrogen (secondary N) is 2. The van der Waals surface area contributed by atoms with Crippen molar-refractivity contribution in [1.82, 2.24) is 10.6 Å². The van der Waals surface area contributed by atoms with Crippen molar-refractivity contribution in [2.24, 2.45) is 0 Å². The number of halogens is 2. The Morgan fingerprint density at radius 1 is 0.543 bits per heavy atom. The topological polar surface area (TPSA) is 64.5 Å². The van der Waals surface area contributed by atoms with E-state index in [9.17, 15) is 10.2 Å². The molecule has 0 bridgehead atoms. The fourth-order valence-corrected chi connectivity index (χ4v) is 4.10. The summed E-state index contributed by atoms with van der Waals surface area (Å²) in [6.07, 6.45) is 7.46. The minimum Gasteiger partial charge on any atom is -0.504 e. The van der Waals surface area contributed by atoms with E-state index in [1.54, 1.807) is 6.07 Å². The molecule has 0 fully saturated rings. The Bertz CT molecular complexity index is 940. The third-order valence-electron chi connectivity index (χ3n) is 6.04. The van der Waals surface area contributed by atoms with Crippen molar-refractivity contribution in [3.63, 3.8) is 0 Å². The highest BCUT2D eigenvalue weighted by Gasteiger charge is 2.12. The van der Waals surface area contributed by atoms with Gasteiger partial charge in [0.2, 0.25) is 0 Å². The number of hydrogen-bond donors (Lipinski definition) is 4. The smallest absolute Gasteiger partial charge is 0.161 e. The zero-order chi connectivity index (χ0) is 23.1. The zero-order valence-corrected chi connectivity index (χ0v) is 23.8. The van der Waals surface area contributed by atoms with Crippen molar-refractivity contribution >= 4 is 34.0 Å². The summed E-state index contributed by atoms with van der Waals surface area (Å²) in [5.74, 6) is -0.0408. The monoisotopic (exact) mass is 606 g/mol. The Morgan fingerprint density at radius 3 is 1.69 bits per heavy atom. The predicted molar refractivity (Wildman–Crippen MR) is 158 cm³/mol. The molecule has 0 radical (unpaired) electrons.